The summed E-state index contributed by atoms with van der Waals surface area (Å²) in [6.45, 7) is 11.2. The summed E-state index contributed by atoms with van der Waals surface area (Å²) < 4.78 is 23.1. The van der Waals surface area contributed by atoms with Gasteiger partial charge < -0.3 is 40.6 Å². The van der Waals surface area contributed by atoms with Crippen LogP contribution in [0.3, 0.4) is 0 Å². The van der Waals surface area contributed by atoms with Gasteiger partial charge in [-0.1, -0.05) is 111 Å². The van der Waals surface area contributed by atoms with Crippen molar-refractivity contribution in [2.75, 3.05) is 78.9 Å². The van der Waals surface area contributed by atoms with Gasteiger partial charge in [-0.05, 0) is 88.9 Å². The van der Waals surface area contributed by atoms with Gasteiger partial charge in [0.25, 0.3) is 5.91 Å². The number of carbonyl (C=O) groups excluding carboxylic acids is 3. The number of hydrogen-bond donors (Lipinski definition) is 4. The highest BCUT2D eigenvalue weighted by molar-refractivity contribution is 6.10. The first-order chi connectivity index (χ1) is 34.8. The Morgan fingerprint density at radius 1 is 0.563 bits per heavy atom. The molecule has 4 aromatic carbocycles. The Labute approximate surface area is 419 Å². The maximum absolute atomic E-state index is 13.8. The maximum atomic E-state index is 13.8. The van der Waals surface area contributed by atoms with Crippen LogP contribution in [0.15, 0.2) is 108 Å². The fourth-order valence-electron chi connectivity index (χ4n) is 11.1. The van der Waals surface area contributed by atoms with Crippen LogP contribution >= 0.6 is 0 Å². The summed E-state index contributed by atoms with van der Waals surface area (Å²) in [5.41, 5.74) is 15.6. The van der Waals surface area contributed by atoms with E-state index < -0.39 is 12.1 Å². The van der Waals surface area contributed by atoms with Gasteiger partial charge in [-0.2, -0.15) is 0 Å². The Bertz CT molecular complexity index is 2510. The molecule has 0 spiro atoms. The predicted molar refractivity (Wildman–Crippen MR) is 277 cm³/mol. The monoisotopic (exact) mass is 965 g/mol. The number of hydrogen-bond acceptors (Lipinski definition) is 10. The van der Waals surface area contributed by atoms with E-state index in [1.54, 1.807) is 0 Å². The molecule has 2 aliphatic heterocycles. The number of benzene rings is 4. The molecule has 2 saturated heterocycles. The lowest BCUT2D eigenvalue weighted by Gasteiger charge is -2.26. The normalized spacial score (nSPS) is 20.9. The van der Waals surface area contributed by atoms with Crippen molar-refractivity contribution >= 4 is 28.9 Å². The zero-order chi connectivity index (χ0) is 48.9. The third kappa shape index (κ3) is 12.6. The second-order valence-electron chi connectivity index (χ2n) is 19.6. The van der Waals surface area contributed by atoms with Crippen LogP contribution in [0, 0.1) is 0 Å². The molecule has 2 heterocycles. The highest BCUT2D eigenvalue weighted by Gasteiger charge is 2.38. The molecule has 4 aromatic rings. The van der Waals surface area contributed by atoms with Crippen LogP contribution in [0.5, 0.6) is 11.5 Å². The SMILES string of the molecule is CC(=O)NC1C(C(=O)NC2CCCCC2)=C(c2ccccc2)c2ccc(OCCN3CCOCC3)cc21.NC1C(C(=O)NC2CCCCC2)=C(c2ccccc2)c2ccc(OCCN3CCOCC3)cc21. The average molecular weight is 965 g/mol. The van der Waals surface area contributed by atoms with E-state index in [4.69, 9.17) is 24.7 Å². The number of carbonyl (C=O) groups is 3. The number of nitrogens with two attached hydrogens (primary N) is 1. The van der Waals surface area contributed by atoms with Crippen LogP contribution in [-0.4, -0.2) is 119 Å². The largest absolute Gasteiger partial charge is 0.492 e. The summed E-state index contributed by atoms with van der Waals surface area (Å²) >= 11 is 0. The predicted octanol–water partition coefficient (Wildman–Crippen LogP) is 7.50. The van der Waals surface area contributed by atoms with Gasteiger partial charge in [0.15, 0.2) is 0 Å². The van der Waals surface area contributed by atoms with Gasteiger partial charge in [0.1, 0.15) is 24.7 Å². The number of ether oxygens (including phenoxy) is 4. The van der Waals surface area contributed by atoms with Crippen LogP contribution < -0.4 is 31.2 Å². The first kappa shape index (κ1) is 50.1. The molecular formula is C58H72N6O7. The number of amides is 3. The van der Waals surface area contributed by atoms with Crippen LogP contribution in [0.25, 0.3) is 11.1 Å². The minimum atomic E-state index is -0.533. The van der Waals surface area contributed by atoms with Crippen molar-refractivity contribution < 1.29 is 33.3 Å². The van der Waals surface area contributed by atoms with Gasteiger partial charge in [0.2, 0.25) is 11.8 Å². The Morgan fingerprint density at radius 2 is 1.00 bits per heavy atom. The summed E-state index contributed by atoms with van der Waals surface area (Å²) in [6, 6.07) is 31.5. The molecule has 71 heavy (non-hydrogen) atoms. The molecule has 0 radical (unpaired) electrons. The molecule has 6 aliphatic rings. The quantitative estimate of drug-likeness (QED) is 0.0942. The molecule has 5 N–H and O–H groups in total. The first-order valence-electron chi connectivity index (χ1n) is 26.2. The summed E-state index contributed by atoms with van der Waals surface area (Å²) in [5, 5.41) is 9.64. The van der Waals surface area contributed by atoms with E-state index >= 15 is 0 Å². The molecular weight excluding hydrogens is 893 g/mol. The average Bonchev–Trinajstić information content (AvgIpc) is 3.88. The lowest BCUT2D eigenvalue weighted by Crippen LogP contribution is -2.40. The summed E-state index contributed by atoms with van der Waals surface area (Å²) in [7, 11) is 0. The smallest absolute Gasteiger partial charge is 0.250 e. The Kier molecular flexibility index (Phi) is 17.3. The van der Waals surface area contributed by atoms with E-state index in [1.165, 1.54) is 32.6 Å². The fraction of sp³-hybridized carbons (Fsp3) is 0.466. The van der Waals surface area contributed by atoms with Crippen LogP contribution in [0.4, 0.5) is 0 Å². The molecule has 2 saturated carbocycles. The Morgan fingerprint density at radius 3 is 1.48 bits per heavy atom. The molecule has 13 nitrogen and oxygen atoms in total. The second-order valence-corrected chi connectivity index (χ2v) is 19.6. The van der Waals surface area contributed by atoms with Crippen molar-refractivity contribution in [3.8, 4) is 11.5 Å². The van der Waals surface area contributed by atoms with E-state index in [2.05, 4.69) is 43.9 Å². The first-order valence-corrected chi connectivity index (χ1v) is 26.2. The summed E-state index contributed by atoms with van der Waals surface area (Å²) in [6.07, 6.45) is 11.2. The topological polar surface area (TPSA) is 157 Å². The van der Waals surface area contributed by atoms with E-state index in [9.17, 15) is 14.4 Å². The van der Waals surface area contributed by atoms with Crippen molar-refractivity contribution in [2.45, 2.75) is 95.3 Å². The lowest BCUT2D eigenvalue weighted by atomic mass is 9.94. The summed E-state index contributed by atoms with van der Waals surface area (Å²) in [4.78, 5) is 44.4. The fourth-order valence-corrected chi connectivity index (χ4v) is 11.1. The van der Waals surface area contributed by atoms with Crippen molar-refractivity contribution in [1.29, 1.82) is 0 Å². The van der Waals surface area contributed by atoms with Crippen molar-refractivity contribution in [1.82, 2.24) is 25.8 Å². The van der Waals surface area contributed by atoms with Gasteiger partial charge in [0.05, 0.1) is 44.1 Å². The number of nitrogens with one attached hydrogen (secondary N) is 3. The molecule has 4 fully saturated rings. The molecule has 0 aromatic heterocycles. The molecule has 0 bridgehead atoms. The van der Waals surface area contributed by atoms with Gasteiger partial charge >= 0.3 is 0 Å². The Balaban J connectivity index is 0.000000176. The second kappa shape index (κ2) is 24.5. The lowest BCUT2D eigenvalue weighted by molar-refractivity contribution is -0.120. The molecule has 10 rings (SSSR count). The minimum absolute atomic E-state index is 0.0377. The van der Waals surface area contributed by atoms with Crippen molar-refractivity contribution in [3.63, 3.8) is 0 Å². The highest BCUT2D eigenvalue weighted by Crippen LogP contribution is 2.46. The van der Waals surface area contributed by atoms with Crippen molar-refractivity contribution in [3.05, 3.63) is 142 Å². The van der Waals surface area contributed by atoms with E-state index in [-0.39, 0.29) is 29.8 Å². The standard InChI is InChI=1S/C30H37N3O4.C28H35N3O3/c1-21(34)31-29-26-20-24(37-19-16-33-14-17-36-18-15-33)12-13-25(26)27(22-8-4-2-5-9-22)28(29)30(35)32-23-10-6-3-7-11-23;29-27-24-19-22(34-18-15-31-13-16-33-17-14-31)11-12-23(24)25(20-7-3-1-4-8-20)26(27)28(32)30-21-9-5-2-6-10-21/h2,4-5,8-9,12-13,20,23,29H,3,6-7,10-11,14-19H2,1H3,(H,31,34)(H,32,35);1,3-4,7-8,11-12,19,21,27H,2,5-6,9-10,13-18,29H2,(H,30,32). The molecule has 13 heteroatoms. The number of fused-ring (bicyclic) bond motifs is 2. The number of nitrogens with zero attached hydrogens (tertiary/aromatic N) is 2. The van der Waals surface area contributed by atoms with Crippen molar-refractivity contribution in [2.24, 2.45) is 5.73 Å². The van der Waals surface area contributed by atoms with Gasteiger partial charge in [-0.3, -0.25) is 24.2 Å². The Hall–Kier alpha value is -5.83. The van der Waals surface area contributed by atoms with Crippen LogP contribution in [0.2, 0.25) is 0 Å². The van der Waals surface area contributed by atoms with Crippen LogP contribution in [0.1, 0.15) is 117 Å². The van der Waals surface area contributed by atoms with E-state index in [1.807, 2.05) is 78.9 Å². The van der Waals surface area contributed by atoms with Gasteiger partial charge in [-0.15, -0.1) is 0 Å². The third-order valence-electron chi connectivity index (χ3n) is 14.8. The molecule has 376 valence electrons. The molecule has 2 unspecified atom stereocenters. The maximum Gasteiger partial charge on any atom is 0.250 e. The van der Waals surface area contributed by atoms with E-state index in [0.29, 0.717) is 24.4 Å². The molecule has 2 atom stereocenters. The van der Waals surface area contributed by atoms with Gasteiger partial charge in [0, 0.05) is 69.4 Å². The zero-order valence-corrected chi connectivity index (χ0v) is 41.4. The minimum Gasteiger partial charge on any atom is -0.492 e. The number of rotatable bonds is 15. The van der Waals surface area contributed by atoms with E-state index in [0.717, 1.165) is 160 Å². The van der Waals surface area contributed by atoms with Gasteiger partial charge in [-0.25, -0.2) is 0 Å². The summed E-state index contributed by atoms with van der Waals surface area (Å²) in [5.74, 6) is 1.22. The van der Waals surface area contributed by atoms with Crippen LogP contribution in [-0.2, 0) is 23.9 Å². The number of morpholine rings is 2. The zero-order valence-electron chi connectivity index (χ0n) is 41.4. The molecule has 4 aliphatic carbocycles. The third-order valence-corrected chi connectivity index (χ3v) is 14.8. The molecule has 3 amide bonds. The highest BCUT2D eigenvalue weighted by atomic mass is 16.5.